The van der Waals surface area contributed by atoms with Gasteiger partial charge < -0.3 is 15.3 Å². The average molecular weight is 168 g/mol. The van der Waals surface area contributed by atoms with Gasteiger partial charge in [-0.2, -0.15) is 0 Å². The number of aromatic hydroxyl groups is 1. The third kappa shape index (κ3) is 1.61. The topological polar surface area (TPSA) is 77.8 Å². The van der Waals surface area contributed by atoms with Crippen LogP contribution in [-0.4, -0.2) is 21.6 Å². The maximum absolute atomic E-state index is 10.1. The summed E-state index contributed by atoms with van der Waals surface area (Å²) in [5.41, 5.74) is 0.0234. The molecule has 0 radical (unpaired) electrons. The highest BCUT2D eigenvalue weighted by molar-refractivity contribution is 5.63. The van der Waals surface area contributed by atoms with E-state index in [0.717, 1.165) is 0 Å². The summed E-state index contributed by atoms with van der Waals surface area (Å²) in [5, 5.41) is 26.8. The van der Waals surface area contributed by atoms with Crippen LogP contribution < -0.4 is 0 Å². The quantitative estimate of drug-likeness (QED) is 0.419. The first kappa shape index (κ1) is 8.70. The Morgan fingerprint density at radius 3 is 2.08 bits per heavy atom. The predicted octanol–water partition coefficient (Wildman–Crippen LogP) is -0.271. The third-order valence-electron chi connectivity index (χ3n) is 1.46. The van der Waals surface area contributed by atoms with E-state index in [1.54, 1.807) is 0 Å². The summed E-state index contributed by atoms with van der Waals surface area (Å²) in [6, 6.07) is 5.04. The van der Waals surface area contributed by atoms with Crippen LogP contribution in [0.25, 0.3) is 0 Å². The third-order valence-corrected chi connectivity index (χ3v) is 1.46. The molecule has 0 saturated carbocycles. The fourth-order valence-electron chi connectivity index (χ4n) is 0.775. The van der Waals surface area contributed by atoms with E-state index in [1.807, 2.05) is 0 Å². The molecule has 3 N–H and O–H groups in total. The first-order chi connectivity index (χ1) is 5.56. The molecule has 0 aliphatic heterocycles. The normalized spacial score (nSPS) is 11.2. The smallest absolute Gasteiger partial charge is 0.248 e. The van der Waals surface area contributed by atoms with Gasteiger partial charge in [-0.3, -0.25) is 4.79 Å². The fraction of sp³-hybridized carbons (Fsp3) is 0.125. The number of carbonyl (C=O) groups excluding carboxylic acids is 1. The summed E-state index contributed by atoms with van der Waals surface area (Å²) < 4.78 is 0. The van der Waals surface area contributed by atoms with Crippen molar-refractivity contribution in [2.75, 3.05) is 0 Å². The molecule has 1 rings (SSSR count). The van der Waals surface area contributed by atoms with Crippen molar-refractivity contribution in [1.29, 1.82) is 0 Å². The SMILES string of the molecule is O=CC(O)(O)c1ccc(O)cc1. The Morgan fingerprint density at radius 1 is 1.17 bits per heavy atom. The van der Waals surface area contributed by atoms with Crippen molar-refractivity contribution in [3.8, 4) is 5.75 Å². The van der Waals surface area contributed by atoms with E-state index >= 15 is 0 Å². The van der Waals surface area contributed by atoms with Crippen LogP contribution in [0.15, 0.2) is 24.3 Å². The zero-order chi connectivity index (χ0) is 9.19. The van der Waals surface area contributed by atoms with E-state index in [9.17, 15) is 4.79 Å². The van der Waals surface area contributed by atoms with E-state index in [4.69, 9.17) is 15.3 Å². The Labute approximate surface area is 68.7 Å². The van der Waals surface area contributed by atoms with E-state index in [2.05, 4.69) is 0 Å². The van der Waals surface area contributed by atoms with Crippen molar-refractivity contribution in [2.45, 2.75) is 5.79 Å². The lowest BCUT2D eigenvalue weighted by Crippen LogP contribution is -2.26. The summed E-state index contributed by atoms with van der Waals surface area (Å²) in [6.45, 7) is 0. The highest BCUT2D eigenvalue weighted by Crippen LogP contribution is 2.18. The van der Waals surface area contributed by atoms with E-state index in [1.165, 1.54) is 24.3 Å². The number of benzene rings is 1. The van der Waals surface area contributed by atoms with E-state index in [-0.39, 0.29) is 17.6 Å². The molecule has 0 bridgehead atoms. The fourth-order valence-corrected chi connectivity index (χ4v) is 0.775. The zero-order valence-electron chi connectivity index (χ0n) is 6.14. The van der Waals surface area contributed by atoms with Crippen molar-refractivity contribution < 1.29 is 20.1 Å². The van der Waals surface area contributed by atoms with Crippen LogP contribution in [0.5, 0.6) is 5.75 Å². The van der Waals surface area contributed by atoms with Gasteiger partial charge in [-0.05, 0) is 24.3 Å². The summed E-state index contributed by atoms with van der Waals surface area (Å²) in [7, 11) is 0. The molecule has 0 heterocycles. The standard InChI is InChI=1S/C8H8O4/c9-5-8(11,12)6-1-3-7(10)4-2-6/h1-5,10-12H. The summed E-state index contributed by atoms with van der Waals surface area (Å²) in [5.74, 6) is -2.46. The zero-order valence-corrected chi connectivity index (χ0v) is 6.14. The molecule has 0 aliphatic carbocycles. The van der Waals surface area contributed by atoms with Gasteiger partial charge in [0, 0.05) is 5.56 Å². The minimum atomic E-state index is -2.46. The van der Waals surface area contributed by atoms with Crippen molar-refractivity contribution in [2.24, 2.45) is 0 Å². The van der Waals surface area contributed by atoms with Gasteiger partial charge in [0.25, 0.3) is 0 Å². The van der Waals surface area contributed by atoms with Gasteiger partial charge in [0.05, 0.1) is 0 Å². The second-order valence-electron chi connectivity index (χ2n) is 2.39. The van der Waals surface area contributed by atoms with Crippen molar-refractivity contribution >= 4 is 6.29 Å². The van der Waals surface area contributed by atoms with Gasteiger partial charge in [-0.15, -0.1) is 0 Å². The molecule has 1 aromatic rings. The molecule has 0 atom stereocenters. The highest BCUT2D eigenvalue weighted by atomic mass is 16.5. The molecule has 0 saturated heterocycles. The second-order valence-corrected chi connectivity index (χ2v) is 2.39. The first-order valence-corrected chi connectivity index (χ1v) is 3.27. The lowest BCUT2D eigenvalue weighted by Gasteiger charge is -2.13. The number of carbonyl (C=O) groups is 1. The minimum absolute atomic E-state index is 0.000416. The van der Waals surface area contributed by atoms with Crippen LogP contribution in [-0.2, 0) is 10.6 Å². The average Bonchev–Trinajstić information content (AvgIpc) is 2.05. The number of rotatable bonds is 2. The van der Waals surface area contributed by atoms with Gasteiger partial charge in [-0.25, -0.2) is 0 Å². The van der Waals surface area contributed by atoms with E-state index in [0.29, 0.717) is 0 Å². The van der Waals surface area contributed by atoms with E-state index < -0.39 is 5.79 Å². The number of aldehydes is 1. The number of aliphatic hydroxyl groups is 2. The molecule has 0 aromatic heterocycles. The molecule has 0 fully saturated rings. The predicted molar refractivity (Wildman–Crippen MR) is 40.3 cm³/mol. The van der Waals surface area contributed by atoms with Crippen LogP contribution in [0.4, 0.5) is 0 Å². The molecule has 0 spiro atoms. The Kier molecular flexibility index (Phi) is 2.12. The molecule has 0 unspecified atom stereocenters. The monoisotopic (exact) mass is 168 g/mol. The lowest BCUT2D eigenvalue weighted by atomic mass is 10.1. The molecular weight excluding hydrogens is 160 g/mol. The first-order valence-electron chi connectivity index (χ1n) is 3.27. The molecule has 1 aromatic carbocycles. The molecule has 64 valence electrons. The maximum Gasteiger partial charge on any atom is 0.248 e. The number of phenolic OH excluding ortho intramolecular Hbond substituents is 1. The molecule has 12 heavy (non-hydrogen) atoms. The molecule has 0 amide bonds. The van der Waals surface area contributed by atoms with Crippen molar-refractivity contribution in [1.82, 2.24) is 0 Å². The van der Waals surface area contributed by atoms with Crippen LogP contribution in [0.3, 0.4) is 0 Å². The number of hydrogen-bond acceptors (Lipinski definition) is 4. The van der Waals surface area contributed by atoms with Crippen LogP contribution in [0.1, 0.15) is 5.56 Å². The van der Waals surface area contributed by atoms with Crippen molar-refractivity contribution in [3.63, 3.8) is 0 Å². The number of phenols is 1. The Balaban J connectivity index is 3.04. The van der Waals surface area contributed by atoms with Gasteiger partial charge in [0.2, 0.25) is 5.79 Å². The van der Waals surface area contributed by atoms with Crippen LogP contribution in [0.2, 0.25) is 0 Å². The second kappa shape index (κ2) is 2.92. The molecular formula is C8H8O4. The molecule has 4 heteroatoms. The van der Waals surface area contributed by atoms with Gasteiger partial charge in [0.15, 0.2) is 6.29 Å². The molecule has 0 aliphatic rings. The van der Waals surface area contributed by atoms with Crippen LogP contribution >= 0.6 is 0 Å². The minimum Gasteiger partial charge on any atom is -0.508 e. The van der Waals surface area contributed by atoms with Crippen molar-refractivity contribution in [3.05, 3.63) is 29.8 Å². The summed E-state index contributed by atoms with van der Waals surface area (Å²) in [4.78, 5) is 10.1. The Morgan fingerprint density at radius 2 is 1.67 bits per heavy atom. The van der Waals surface area contributed by atoms with Crippen LogP contribution in [0, 0.1) is 0 Å². The largest absolute Gasteiger partial charge is 0.508 e. The Bertz CT molecular complexity index is 276. The van der Waals surface area contributed by atoms with Gasteiger partial charge in [0.1, 0.15) is 5.75 Å². The lowest BCUT2D eigenvalue weighted by molar-refractivity contribution is -0.173. The van der Waals surface area contributed by atoms with Gasteiger partial charge >= 0.3 is 0 Å². The highest BCUT2D eigenvalue weighted by Gasteiger charge is 2.24. The molecule has 4 nitrogen and oxygen atoms in total. The summed E-state index contributed by atoms with van der Waals surface area (Å²) >= 11 is 0. The van der Waals surface area contributed by atoms with Gasteiger partial charge in [-0.1, -0.05) is 0 Å². The maximum atomic E-state index is 10.1. The summed E-state index contributed by atoms with van der Waals surface area (Å²) in [6.07, 6.45) is 0.0133. The Hall–Kier alpha value is -1.39. The number of hydrogen-bond donors (Lipinski definition) is 3.